The van der Waals surface area contributed by atoms with Crippen molar-refractivity contribution in [2.45, 2.75) is 82.0 Å². The molecule has 0 unspecified atom stereocenters. The minimum Gasteiger partial charge on any atom is -0.487 e. The lowest BCUT2D eigenvalue weighted by molar-refractivity contribution is -0.146. The van der Waals surface area contributed by atoms with Gasteiger partial charge < -0.3 is 14.4 Å². The van der Waals surface area contributed by atoms with Gasteiger partial charge >= 0.3 is 12.1 Å². The van der Waals surface area contributed by atoms with Crippen molar-refractivity contribution in [3.63, 3.8) is 0 Å². The maximum atomic E-state index is 13.5. The van der Waals surface area contributed by atoms with Gasteiger partial charge in [0.25, 0.3) is 0 Å². The maximum absolute atomic E-state index is 13.5. The van der Waals surface area contributed by atoms with Crippen LogP contribution < -0.4 is 9.64 Å². The molecule has 2 heterocycles. The number of fused-ring (bicyclic) bond motifs is 1. The number of carbonyl (C=O) groups is 1. The van der Waals surface area contributed by atoms with Crippen LogP contribution in [0.1, 0.15) is 74.6 Å². The van der Waals surface area contributed by atoms with Crippen molar-refractivity contribution in [1.29, 1.82) is 0 Å². The highest BCUT2D eigenvalue weighted by Crippen LogP contribution is 2.49. The Hall–Kier alpha value is -2.77. The number of ether oxygens (including phenoxy) is 2. The summed E-state index contributed by atoms with van der Waals surface area (Å²) in [5.41, 5.74) is 1.30. The first-order valence-corrected chi connectivity index (χ1v) is 13.3. The van der Waals surface area contributed by atoms with E-state index in [1.807, 2.05) is 6.92 Å². The number of rotatable bonds is 6. The minimum absolute atomic E-state index is 0.00703. The lowest BCUT2D eigenvalue weighted by atomic mass is 9.76. The fraction of sp³-hybridized carbons (Fsp3) is 0.586. The maximum Gasteiger partial charge on any atom is 0.435 e. The molecule has 2 aromatic rings. The van der Waals surface area contributed by atoms with E-state index in [1.54, 1.807) is 18.0 Å². The Balaban J connectivity index is 1.30. The molecular weight excluding hydrogens is 481 g/mol. The van der Waals surface area contributed by atoms with Gasteiger partial charge in [-0.25, -0.2) is 4.98 Å². The Morgan fingerprint density at radius 3 is 2.54 bits per heavy atom. The summed E-state index contributed by atoms with van der Waals surface area (Å²) >= 11 is 0. The van der Waals surface area contributed by atoms with Crippen LogP contribution in [0.25, 0.3) is 0 Å². The molecule has 2 aliphatic carbocycles. The van der Waals surface area contributed by atoms with Crippen LogP contribution in [-0.2, 0) is 22.1 Å². The van der Waals surface area contributed by atoms with E-state index in [0.717, 1.165) is 62.7 Å². The van der Waals surface area contributed by atoms with Crippen LogP contribution in [0.2, 0.25) is 0 Å². The predicted octanol–water partition coefficient (Wildman–Crippen LogP) is 6.55. The highest BCUT2D eigenvalue weighted by molar-refractivity contribution is 5.73. The van der Waals surface area contributed by atoms with Crippen LogP contribution in [0.15, 0.2) is 36.5 Å². The van der Waals surface area contributed by atoms with E-state index in [9.17, 15) is 18.0 Å². The largest absolute Gasteiger partial charge is 0.487 e. The van der Waals surface area contributed by atoms with Crippen molar-refractivity contribution >= 4 is 11.7 Å². The van der Waals surface area contributed by atoms with E-state index in [2.05, 4.69) is 23.2 Å². The van der Waals surface area contributed by atoms with Gasteiger partial charge in [-0.15, -0.1) is 0 Å². The van der Waals surface area contributed by atoms with E-state index in [-0.39, 0.29) is 35.1 Å². The van der Waals surface area contributed by atoms with Gasteiger partial charge in [-0.2, -0.15) is 13.2 Å². The van der Waals surface area contributed by atoms with Crippen LogP contribution in [0.4, 0.5) is 18.9 Å². The van der Waals surface area contributed by atoms with Crippen molar-refractivity contribution in [3.8, 4) is 5.75 Å². The number of methoxy groups -OCH3 is 1. The molecule has 2 saturated carbocycles. The lowest BCUT2D eigenvalue weighted by Crippen LogP contribution is -2.47. The average Bonchev–Trinajstić information content (AvgIpc) is 3.73. The number of esters is 1. The Labute approximate surface area is 216 Å². The summed E-state index contributed by atoms with van der Waals surface area (Å²) < 4.78 is 52.3. The molecule has 0 saturated heterocycles. The third-order valence-corrected chi connectivity index (χ3v) is 8.74. The van der Waals surface area contributed by atoms with E-state index in [4.69, 9.17) is 9.47 Å². The normalized spacial score (nSPS) is 25.1. The smallest absolute Gasteiger partial charge is 0.435 e. The number of aromatic nitrogens is 1. The highest BCUT2D eigenvalue weighted by Gasteiger charge is 2.44. The number of aryl methyl sites for hydroxylation is 1. The average molecular weight is 517 g/mol. The van der Waals surface area contributed by atoms with Crippen molar-refractivity contribution in [1.82, 2.24) is 4.98 Å². The highest BCUT2D eigenvalue weighted by atomic mass is 19.4. The zero-order valence-electron chi connectivity index (χ0n) is 21.7. The van der Waals surface area contributed by atoms with E-state index >= 15 is 0 Å². The van der Waals surface area contributed by atoms with Gasteiger partial charge in [0.2, 0.25) is 0 Å². The zero-order chi connectivity index (χ0) is 26.4. The zero-order valence-corrected chi connectivity index (χ0v) is 21.7. The molecule has 5 rings (SSSR count). The van der Waals surface area contributed by atoms with Crippen LogP contribution >= 0.6 is 0 Å². The molecule has 0 radical (unpaired) electrons. The molecule has 2 fully saturated rings. The van der Waals surface area contributed by atoms with Crippen LogP contribution in [0, 0.1) is 11.8 Å². The number of nitrogens with zero attached hydrogens (tertiary/aromatic N) is 2. The number of alkyl halides is 3. The first-order chi connectivity index (χ1) is 17.6. The molecule has 200 valence electrons. The number of benzene rings is 1. The topological polar surface area (TPSA) is 51.7 Å². The van der Waals surface area contributed by atoms with Gasteiger partial charge in [-0.05, 0) is 92.5 Å². The van der Waals surface area contributed by atoms with Crippen molar-refractivity contribution in [2.75, 3.05) is 19.1 Å². The van der Waals surface area contributed by atoms with E-state index in [1.165, 1.54) is 24.9 Å². The Kier molecular flexibility index (Phi) is 6.88. The first kappa shape index (κ1) is 25.9. The Bertz CT molecular complexity index is 1140. The number of pyridine rings is 1. The summed E-state index contributed by atoms with van der Waals surface area (Å²) in [7, 11) is 3.17. The summed E-state index contributed by atoms with van der Waals surface area (Å²) in [5, 5.41) is 0. The number of carbonyl (C=O) groups excluding carboxylic acids is 1. The molecule has 0 amide bonds. The fourth-order valence-corrected chi connectivity index (χ4v) is 6.45. The molecule has 2 atom stereocenters. The van der Waals surface area contributed by atoms with E-state index < -0.39 is 11.9 Å². The fourth-order valence-electron chi connectivity index (χ4n) is 6.45. The van der Waals surface area contributed by atoms with Crippen molar-refractivity contribution in [3.05, 3.63) is 53.3 Å². The third-order valence-electron chi connectivity index (χ3n) is 8.74. The van der Waals surface area contributed by atoms with Gasteiger partial charge in [0.1, 0.15) is 11.4 Å². The second-order valence-corrected chi connectivity index (χ2v) is 11.0. The Morgan fingerprint density at radius 2 is 1.89 bits per heavy atom. The standard InChI is InChI=1S/C29H35F3N2O3/c1-18(27(35)36-3)25(20-7-8-20)21-9-6-19-10-13-28(37-24(19)17-21)14-11-22(12-15-28)34(2)23-5-4-16-33-26(23)29(30,31)32/h4-6,9,16-18,20,22,25H,7-8,10-15H2,1-3H3/t18-,22?,25-,28?/m0/s1. The molecule has 1 aliphatic heterocycles. The molecular formula is C29H35F3N2O3. The SMILES string of the molecule is COC(=O)[C@@H](C)[C@H](c1ccc2c(c1)OC1(CC2)CCC(N(C)c2cccnc2C(F)(F)F)CC1)C1CC1. The second kappa shape index (κ2) is 9.84. The van der Waals surface area contributed by atoms with Gasteiger partial charge in [-0.3, -0.25) is 4.79 Å². The molecule has 37 heavy (non-hydrogen) atoms. The quantitative estimate of drug-likeness (QED) is 0.408. The molecule has 1 aromatic heterocycles. The number of halogens is 3. The second-order valence-electron chi connectivity index (χ2n) is 11.0. The number of anilines is 1. The molecule has 3 aliphatic rings. The summed E-state index contributed by atoms with van der Waals surface area (Å²) in [6, 6.07) is 9.45. The minimum atomic E-state index is -4.49. The van der Waals surface area contributed by atoms with Crippen LogP contribution in [0.5, 0.6) is 5.75 Å². The molecule has 1 spiro atoms. The van der Waals surface area contributed by atoms with Gasteiger partial charge in [0.05, 0.1) is 18.7 Å². The van der Waals surface area contributed by atoms with E-state index in [0.29, 0.717) is 5.92 Å². The Morgan fingerprint density at radius 1 is 1.16 bits per heavy atom. The molecule has 1 aromatic carbocycles. The summed E-state index contributed by atoms with van der Waals surface area (Å²) in [4.78, 5) is 17.7. The summed E-state index contributed by atoms with van der Waals surface area (Å²) in [5.74, 6) is 1.10. The number of hydrogen-bond donors (Lipinski definition) is 0. The lowest BCUT2D eigenvalue weighted by Gasteiger charge is -2.46. The molecule has 0 N–H and O–H groups in total. The van der Waals surface area contributed by atoms with Gasteiger partial charge in [0, 0.05) is 19.3 Å². The number of hydrogen-bond acceptors (Lipinski definition) is 5. The van der Waals surface area contributed by atoms with Crippen molar-refractivity contribution < 1.29 is 27.4 Å². The van der Waals surface area contributed by atoms with Gasteiger partial charge in [0.15, 0.2) is 5.69 Å². The summed E-state index contributed by atoms with van der Waals surface area (Å²) in [6.45, 7) is 1.95. The molecule has 0 bridgehead atoms. The molecule has 8 heteroatoms. The van der Waals surface area contributed by atoms with Crippen LogP contribution in [0.3, 0.4) is 0 Å². The predicted molar refractivity (Wildman–Crippen MR) is 135 cm³/mol. The van der Waals surface area contributed by atoms with Gasteiger partial charge in [-0.1, -0.05) is 19.1 Å². The third kappa shape index (κ3) is 5.16. The van der Waals surface area contributed by atoms with Crippen molar-refractivity contribution in [2.24, 2.45) is 11.8 Å². The van der Waals surface area contributed by atoms with Crippen LogP contribution in [-0.4, -0.2) is 36.8 Å². The first-order valence-electron chi connectivity index (χ1n) is 13.3. The molecule has 5 nitrogen and oxygen atoms in total. The summed E-state index contributed by atoms with van der Waals surface area (Å²) in [6.07, 6.45) is 3.85. The monoisotopic (exact) mass is 516 g/mol.